The molecule has 1 aliphatic rings. The summed E-state index contributed by atoms with van der Waals surface area (Å²) in [6, 6.07) is 5.50. The van der Waals surface area contributed by atoms with E-state index in [0.29, 0.717) is 11.6 Å². The second-order valence-corrected chi connectivity index (χ2v) is 5.58. The Morgan fingerprint density at radius 1 is 1.32 bits per heavy atom. The molecule has 0 atom stereocenters. The number of piperidine rings is 1. The molecule has 1 N–H and O–H groups in total. The average molecular weight is 311 g/mol. The van der Waals surface area contributed by atoms with Crippen molar-refractivity contribution in [2.24, 2.45) is 5.92 Å². The van der Waals surface area contributed by atoms with Crippen LogP contribution in [0.4, 0.5) is 18.9 Å². The number of rotatable bonds is 4. The summed E-state index contributed by atoms with van der Waals surface area (Å²) < 4.78 is 38.4. The normalized spacial score (nSPS) is 16.6. The van der Waals surface area contributed by atoms with Crippen molar-refractivity contribution < 1.29 is 13.2 Å². The summed E-state index contributed by atoms with van der Waals surface area (Å²) in [4.78, 5) is 2.06. The molecule has 0 aromatic heterocycles. The van der Waals surface area contributed by atoms with Crippen LogP contribution in [0.5, 0.6) is 0 Å². The van der Waals surface area contributed by atoms with Gasteiger partial charge < -0.3 is 10.2 Å². The summed E-state index contributed by atoms with van der Waals surface area (Å²) in [5.74, 6) is 0.612. The zero-order valence-electron chi connectivity index (χ0n) is 12.6. The van der Waals surface area contributed by atoms with Gasteiger partial charge in [-0.05, 0) is 50.0 Å². The topological polar surface area (TPSA) is 39.1 Å². The fourth-order valence-corrected chi connectivity index (χ4v) is 2.81. The predicted molar refractivity (Wildman–Crippen MR) is 79.6 cm³/mol. The Morgan fingerprint density at radius 3 is 2.55 bits per heavy atom. The largest absolute Gasteiger partial charge is 0.417 e. The molecule has 3 nitrogen and oxygen atoms in total. The van der Waals surface area contributed by atoms with Crippen LogP contribution in [-0.2, 0) is 6.18 Å². The van der Waals surface area contributed by atoms with E-state index < -0.39 is 11.7 Å². The van der Waals surface area contributed by atoms with Gasteiger partial charge in [0.15, 0.2) is 0 Å². The van der Waals surface area contributed by atoms with Gasteiger partial charge in [0.1, 0.15) is 0 Å². The summed E-state index contributed by atoms with van der Waals surface area (Å²) >= 11 is 0. The van der Waals surface area contributed by atoms with Gasteiger partial charge in [0, 0.05) is 18.8 Å². The number of anilines is 1. The van der Waals surface area contributed by atoms with E-state index in [1.54, 1.807) is 6.07 Å². The summed E-state index contributed by atoms with van der Waals surface area (Å²) in [6.07, 6.45) is -2.46. The molecule has 1 saturated heterocycles. The van der Waals surface area contributed by atoms with Gasteiger partial charge in [0.2, 0.25) is 0 Å². The summed E-state index contributed by atoms with van der Waals surface area (Å²) in [5, 5.41) is 12.3. The van der Waals surface area contributed by atoms with Gasteiger partial charge in [0.25, 0.3) is 0 Å². The van der Waals surface area contributed by atoms with E-state index >= 15 is 0 Å². The Hall–Kier alpha value is -1.74. The molecule has 0 bridgehead atoms. The van der Waals surface area contributed by atoms with Gasteiger partial charge in [-0.25, -0.2) is 0 Å². The highest BCUT2D eigenvalue weighted by Crippen LogP contribution is 2.34. The average Bonchev–Trinajstić information content (AvgIpc) is 2.52. The van der Waals surface area contributed by atoms with Gasteiger partial charge in [-0.1, -0.05) is 6.92 Å². The third-order valence-electron chi connectivity index (χ3n) is 4.09. The fraction of sp³-hybridized carbons (Fsp3) is 0.562. The predicted octanol–water partition coefficient (Wildman–Crippen LogP) is 3.40. The molecule has 0 aliphatic carbocycles. The van der Waals surface area contributed by atoms with Gasteiger partial charge >= 0.3 is 6.18 Å². The fourth-order valence-electron chi connectivity index (χ4n) is 2.81. The second kappa shape index (κ2) is 7.01. The molecule has 0 amide bonds. The Morgan fingerprint density at radius 2 is 2.00 bits per heavy atom. The number of nitrogens with zero attached hydrogens (tertiary/aromatic N) is 2. The highest BCUT2D eigenvalue weighted by Gasteiger charge is 2.34. The van der Waals surface area contributed by atoms with Gasteiger partial charge in [-0.15, -0.1) is 0 Å². The van der Waals surface area contributed by atoms with Crippen molar-refractivity contribution in [1.82, 2.24) is 5.32 Å². The number of benzene rings is 1. The van der Waals surface area contributed by atoms with Crippen molar-refractivity contribution in [3.63, 3.8) is 0 Å². The highest BCUT2D eigenvalue weighted by atomic mass is 19.4. The van der Waals surface area contributed by atoms with Crippen LogP contribution in [0, 0.1) is 17.2 Å². The summed E-state index contributed by atoms with van der Waals surface area (Å²) in [6.45, 7) is 5.63. The monoisotopic (exact) mass is 311 g/mol. The van der Waals surface area contributed by atoms with Gasteiger partial charge in [-0.3, -0.25) is 0 Å². The van der Waals surface area contributed by atoms with Crippen molar-refractivity contribution >= 4 is 5.69 Å². The number of alkyl halides is 3. The van der Waals surface area contributed by atoms with E-state index in [1.807, 2.05) is 0 Å². The number of nitrogens with one attached hydrogen (secondary N) is 1. The smallest absolute Gasteiger partial charge is 0.371 e. The minimum atomic E-state index is -4.48. The standard InChI is InChI=1S/C16H20F3N3/c1-2-21-11-12-5-7-22(8-6-12)14-3-4-15(16(17,18)19)13(9-14)10-20/h3-4,9,12,21H,2,5-8,11H2,1H3. The molecule has 0 spiro atoms. The minimum Gasteiger partial charge on any atom is -0.371 e. The lowest BCUT2D eigenvalue weighted by Crippen LogP contribution is -2.37. The Labute approximate surface area is 128 Å². The van der Waals surface area contributed by atoms with Crippen LogP contribution in [0.3, 0.4) is 0 Å². The lowest BCUT2D eigenvalue weighted by Gasteiger charge is -2.34. The molecule has 22 heavy (non-hydrogen) atoms. The number of nitriles is 1. The lowest BCUT2D eigenvalue weighted by atomic mass is 9.96. The molecule has 1 heterocycles. The van der Waals surface area contributed by atoms with Crippen LogP contribution in [0.15, 0.2) is 18.2 Å². The molecule has 0 unspecified atom stereocenters. The molecule has 1 aromatic carbocycles. The second-order valence-electron chi connectivity index (χ2n) is 5.58. The van der Waals surface area contributed by atoms with Crippen molar-refractivity contribution in [3.8, 4) is 6.07 Å². The van der Waals surface area contributed by atoms with E-state index in [9.17, 15) is 13.2 Å². The van der Waals surface area contributed by atoms with Crippen LogP contribution in [0.1, 0.15) is 30.9 Å². The van der Waals surface area contributed by atoms with E-state index in [1.165, 1.54) is 12.1 Å². The molecule has 1 aliphatic heterocycles. The minimum absolute atomic E-state index is 0.306. The molecule has 2 rings (SSSR count). The van der Waals surface area contributed by atoms with Crippen LogP contribution in [0.25, 0.3) is 0 Å². The Balaban J connectivity index is 2.07. The molecule has 1 aromatic rings. The maximum atomic E-state index is 12.8. The number of hydrogen-bond acceptors (Lipinski definition) is 3. The lowest BCUT2D eigenvalue weighted by molar-refractivity contribution is -0.137. The first-order valence-electron chi connectivity index (χ1n) is 7.52. The third-order valence-corrected chi connectivity index (χ3v) is 4.09. The number of hydrogen-bond donors (Lipinski definition) is 1. The van der Waals surface area contributed by atoms with E-state index in [2.05, 4.69) is 17.1 Å². The zero-order chi connectivity index (χ0) is 16.2. The van der Waals surface area contributed by atoms with Crippen LogP contribution in [0.2, 0.25) is 0 Å². The Bertz CT molecular complexity index is 541. The first-order chi connectivity index (χ1) is 10.5. The highest BCUT2D eigenvalue weighted by molar-refractivity contribution is 5.55. The molecular weight excluding hydrogens is 291 g/mol. The van der Waals surface area contributed by atoms with Crippen LogP contribution in [-0.4, -0.2) is 26.2 Å². The van der Waals surface area contributed by atoms with Crippen molar-refractivity contribution in [2.75, 3.05) is 31.1 Å². The first kappa shape index (κ1) is 16.6. The van der Waals surface area contributed by atoms with E-state index in [4.69, 9.17) is 5.26 Å². The molecule has 0 saturated carbocycles. The molecule has 0 radical (unpaired) electrons. The molecule has 120 valence electrons. The van der Waals surface area contributed by atoms with Gasteiger partial charge in [-0.2, -0.15) is 18.4 Å². The van der Waals surface area contributed by atoms with E-state index in [-0.39, 0.29) is 5.56 Å². The third kappa shape index (κ3) is 3.92. The Kier molecular flexibility index (Phi) is 5.30. The van der Waals surface area contributed by atoms with Crippen LogP contribution < -0.4 is 10.2 Å². The number of halogens is 3. The maximum absolute atomic E-state index is 12.8. The summed E-state index contributed by atoms with van der Waals surface area (Å²) in [7, 11) is 0. The maximum Gasteiger partial charge on any atom is 0.417 e. The first-order valence-corrected chi connectivity index (χ1v) is 7.52. The SMILES string of the molecule is CCNCC1CCN(c2ccc(C(F)(F)F)c(C#N)c2)CC1. The quantitative estimate of drug-likeness (QED) is 0.926. The van der Waals surface area contributed by atoms with Crippen molar-refractivity contribution in [1.29, 1.82) is 5.26 Å². The van der Waals surface area contributed by atoms with Crippen molar-refractivity contribution in [2.45, 2.75) is 25.9 Å². The summed E-state index contributed by atoms with van der Waals surface area (Å²) in [5.41, 5.74) is -0.466. The van der Waals surface area contributed by atoms with Gasteiger partial charge in [0.05, 0.1) is 17.2 Å². The zero-order valence-corrected chi connectivity index (χ0v) is 12.6. The van der Waals surface area contributed by atoms with Crippen LogP contribution >= 0.6 is 0 Å². The molecule has 6 heteroatoms. The molecular formula is C16H20F3N3. The molecule has 1 fully saturated rings. The van der Waals surface area contributed by atoms with Crippen molar-refractivity contribution in [3.05, 3.63) is 29.3 Å². The van der Waals surface area contributed by atoms with E-state index in [0.717, 1.165) is 45.1 Å².